The van der Waals surface area contributed by atoms with E-state index < -0.39 is 11.7 Å². The van der Waals surface area contributed by atoms with Gasteiger partial charge in [-0.2, -0.15) is 0 Å². The van der Waals surface area contributed by atoms with E-state index in [1.165, 1.54) is 0 Å². The lowest BCUT2D eigenvalue weighted by molar-refractivity contribution is -0.131. The van der Waals surface area contributed by atoms with Crippen molar-refractivity contribution >= 4 is 5.78 Å². The second-order valence-electron chi connectivity index (χ2n) is 6.57. The van der Waals surface area contributed by atoms with Gasteiger partial charge >= 0.3 is 0 Å². The Hall–Kier alpha value is -0.440. The van der Waals surface area contributed by atoms with Gasteiger partial charge in [-0.05, 0) is 11.8 Å². The second kappa shape index (κ2) is 3.52. The summed E-state index contributed by atoms with van der Waals surface area (Å²) in [5, 5.41) is 0. The number of Topliss-reactive ketones (excluding diaryl/α,β-unsaturated/α-hetero) is 1. The molecule has 0 radical (unpaired) electrons. The summed E-state index contributed by atoms with van der Waals surface area (Å²) in [5.74, 6) is 0.236. The number of carbonyl (C=O) groups is 1. The van der Waals surface area contributed by atoms with Crippen LogP contribution in [0.15, 0.2) is 0 Å². The molecule has 2 rings (SSSR count). The van der Waals surface area contributed by atoms with E-state index in [9.17, 15) is 9.18 Å². The second-order valence-corrected chi connectivity index (χ2v) is 6.57. The average molecular weight is 227 g/mol. The monoisotopic (exact) mass is 227 g/mol. The highest BCUT2D eigenvalue weighted by Crippen LogP contribution is 2.49. The number of hydrogen-bond donors (Lipinski definition) is 0. The molecule has 2 saturated heterocycles. The average Bonchev–Trinajstić information content (AvgIpc) is 2.51. The zero-order valence-corrected chi connectivity index (χ0v) is 10.7. The van der Waals surface area contributed by atoms with Gasteiger partial charge in [0, 0.05) is 25.4 Å². The lowest BCUT2D eigenvalue weighted by Crippen LogP contribution is -2.47. The molecule has 2 nitrogen and oxygen atoms in total. The van der Waals surface area contributed by atoms with Gasteiger partial charge in [-0.25, -0.2) is 4.39 Å². The molecule has 0 unspecified atom stereocenters. The van der Waals surface area contributed by atoms with Crippen LogP contribution in [-0.2, 0) is 4.79 Å². The topological polar surface area (TPSA) is 20.3 Å². The van der Waals surface area contributed by atoms with Gasteiger partial charge < -0.3 is 0 Å². The quantitative estimate of drug-likeness (QED) is 0.722. The first kappa shape index (κ1) is 12.0. The molecule has 3 heteroatoms. The Morgan fingerprint density at radius 3 is 2.62 bits per heavy atom. The molecule has 92 valence electrons. The number of fused-ring (bicyclic) bond motifs is 1. The van der Waals surface area contributed by atoms with Crippen molar-refractivity contribution in [2.45, 2.75) is 52.2 Å². The molecule has 0 N–H and O–H groups in total. The maximum Gasteiger partial charge on any atom is 0.155 e. The molecule has 0 aromatic heterocycles. The predicted molar refractivity (Wildman–Crippen MR) is 62.1 cm³/mol. The molecular formula is C13H22FNO. The fourth-order valence-corrected chi connectivity index (χ4v) is 3.62. The lowest BCUT2D eigenvalue weighted by atomic mass is 9.77. The third-order valence-electron chi connectivity index (χ3n) is 3.96. The van der Waals surface area contributed by atoms with Crippen molar-refractivity contribution in [2.24, 2.45) is 11.3 Å². The molecule has 0 bridgehead atoms. The lowest BCUT2D eigenvalue weighted by Gasteiger charge is -2.31. The van der Waals surface area contributed by atoms with Crippen molar-refractivity contribution < 1.29 is 9.18 Å². The molecule has 0 aliphatic carbocycles. The van der Waals surface area contributed by atoms with Crippen molar-refractivity contribution in [1.82, 2.24) is 4.90 Å². The summed E-state index contributed by atoms with van der Waals surface area (Å²) in [7, 11) is 0. The standard InChI is InChI=1S/C13H22FNO/c1-9(2)11(16)13-5-10(14)6-15(13)8-12(3,4)7-13/h9-10H,5-8H2,1-4H3/t10-,13+/m1/s1. The minimum absolute atomic E-state index is 0.00157. The Balaban J connectivity index is 2.31. The number of rotatable bonds is 2. The van der Waals surface area contributed by atoms with Crippen molar-refractivity contribution in [1.29, 1.82) is 0 Å². The van der Waals surface area contributed by atoms with Crippen LogP contribution < -0.4 is 0 Å². The zero-order chi connectivity index (χ0) is 12.1. The third kappa shape index (κ3) is 1.69. The highest BCUT2D eigenvalue weighted by molar-refractivity contribution is 5.91. The van der Waals surface area contributed by atoms with Crippen LogP contribution >= 0.6 is 0 Å². The molecule has 2 atom stereocenters. The molecule has 0 spiro atoms. The van der Waals surface area contributed by atoms with Gasteiger partial charge in [-0.3, -0.25) is 9.69 Å². The van der Waals surface area contributed by atoms with Crippen molar-refractivity contribution in [3.05, 3.63) is 0 Å². The van der Waals surface area contributed by atoms with E-state index in [0.717, 1.165) is 13.0 Å². The summed E-state index contributed by atoms with van der Waals surface area (Å²) in [4.78, 5) is 14.5. The summed E-state index contributed by atoms with van der Waals surface area (Å²) in [5.41, 5.74) is -0.345. The van der Waals surface area contributed by atoms with Gasteiger partial charge in [-0.15, -0.1) is 0 Å². The Bertz CT molecular complexity index is 313. The minimum Gasteiger partial charge on any atom is -0.297 e. The molecule has 2 aliphatic heterocycles. The molecule has 2 fully saturated rings. The van der Waals surface area contributed by atoms with Gasteiger partial charge in [0.2, 0.25) is 0 Å². The minimum atomic E-state index is -0.821. The number of hydrogen-bond acceptors (Lipinski definition) is 2. The number of nitrogens with zero attached hydrogens (tertiary/aromatic N) is 1. The van der Waals surface area contributed by atoms with Gasteiger partial charge in [0.25, 0.3) is 0 Å². The van der Waals surface area contributed by atoms with Gasteiger partial charge in [0.1, 0.15) is 6.17 Å². The number of carbonyl (C=O) groups excluding carboxylic acids is 1. The van der Waals surface area contributed by atoms with Crippen molar-refractivity contribution in [3.8, 4) is 0 Å². The van der Waals surface area contributed by atoms with Crippen LogP contribution in [0.2, 0.25) is 0 Å². The molecule has 0 saturated carbocycles. The fraction of sp³-hybridized carbons (Fsp3) is 0.923. The summed E-state index contributed by atoms with van der Waals surface area (Å²) >= 11 is 0. The fourth-order valence-electron chi connectivity index (χ4n) is 3.62. The van der Waals surface area contributed by atoms with Crippen molar-refractivity contribution in [3.63, 3.8) is 0 Å². The van der Waals surface area contributed by atoms with E-state index in [-0.39, 0.29) is 17.1 Å². The van der Waals surface area contributed by atoms with E-state index >= 15 is 0 Å². The molecule has 0 aromatic rings. The Labute approximate surface area is 97.2 Å². The normalized spacial score (nSPS) is 38.0. The van der Waals surface area contributed by atoms with Crippen molar-refractivity contribution in [2.75, 3.05) is 13.1 Å². The number of halogens is 1. The molecule has 16 heavy (non-hydrogen) atoms. The van der Waals surface area contributed by atoms with Crippen LogP contribution in [-0.4, -0.2) is 35.5 Å². The number of ketones is 1. The molecule has 2 heterocycles. The Morgan fingerprint density at radius 1 is 1.44 bits per heavy atom. The maximum absolute atomic E-state index is 13.6. The van der Waals surface area contributed by atoms with Crippen LogP contribution in [0.25, 0.3) is 0 Å². The Morgan fingerprint density at radius 2 is 2.06 bits per heavy atom. The smallest absolute Gasteiger partial charge is 0.155 e. The van der Waals surface area contributed by atoms with E-state index in [2.05, 4.69) is 18.7 Å². The zero-order valence-electron chi connectivity index (χ0n) is 10.7. The summed E-state index contributed by atoms with van der Waals surface area (Å²) < 4.78 is 13.6. The molecule has 0 aromatic carbocycles. The van der Waals surface area contributed by atoms with Gasteiger partial charge in [-0.1, -0.05) is 27.7 Å². The van der Waals surface area contributed by atoms with E-state index in [1.54, 1.807) is 0 Å². The summed E-state index contributed by atoms with van der Waals surface area (Å²) in [6.07, 6.45) is 0.407. The molecule has 2 aliphatic rings. The summed E-state index contributed by atoms with van der Waals surface area (Å²) in [6.45, 7) is 9.49. The van der Waals surface area contributed by atoms with Gasteiger partial charge in [0.05, 0.1) is 5.54 Å². The van der Waals surface area contributed by atoms with Crippen LogP contribution in [0.1, 0.15) is 40.5 Å². The largest absolute Gasteiger partial charge is 0.297 e. The van der Waals surface area contributed by atoms with E-state index in [0.29, 0.717) is 13.0 Å². The van der Waals surface area contributed by atoms with Crippen LogP contribution in [0.3, 0.4) is 0 Å². The van der Waals surface area contributed by atoms with E-state index in [4.69, 9.17) is 0 Å². The molecule has 0 amide bonds. The van der Waals surface area contributed by atoms with Crippen LogP contribution in [0.4, 0.5) is 4.39 Å². The first-order chi connectivity index (χ1) is 7.27. The molecular weight excluding hydrogens is 205 g/mol. The SMILES string of the molecule is CC(C)C(=O)[C@@]12C[C@@H](F)CN1CC(C)(C)C2. The highest BCUT2D eigenvalue weighted by atomic mass is 19.1. The Kier molecular flexibility index (Phi) is 2.65. The van der Waals surface area contributed by atoms with Crippen LogP contribution in [0.5, 0.6) is 0 Å². The third-order valence-corrected chi connectivity index (χ3v) is 3.96. The van der Waals surface area contributed by atoms with Crippen LogP contribution in [0, 0.1) is 11.3 Å². The highest BCUT2D eigenvalue weighted by Gasteiger charge is 2.58. The first-order valence-corrected chi connectivity index (χ1v) is 6.20. The number of alkyl halides is 1. The van der Waals surface area contributed by atoms with Gasteiger partial charge in [0.15, 0.2) is 5.78 Å². The first-order valence-electron chi connectivity index (χ1n) is 6.20. The maximum atomic E-state index is 13.6. The predicted octanol–water partition coefficient (Wildman–Crippen LogP) is 2.42. The summed E-state index contributed by atoms with van der Waals surface area (Å²) in [6, 6.07) is 0. The van der Waals surface area contributed by atoms with E-state index in [1.807, 2.05) is 13.8 Å².